The lowest BCUT2D eigenvalue weighted by atomic mass is 10.0. The SMILES string of the molecule is CC(C)CC(CO)NC(=O)c1ccc(-n2cccc2)nc1. The number of carbonyl (C=O) groups is 1. The van der Waals surface area contributed by atoms with Crippen LogP contribution in [0, 0.1) is 5.92 Å². The number of pyridine rings is 1. The number of carbonyl (C=O) groups excluding carboxylic acids is 1. The maximum absolute atomic E-state index is 12.1. The lowest BCUT2D eigenvalue weighted by Crippen LogP contribution is -2.38. The zero-order valence-corrected chi connectivity index (χ0v) is 12.4. The van der Waals surface area contributed by atoms with Gasteiger partial charge < -0.3 is 15.0 Å². The average molecular weight is 287 g/mol. The molecule has 0 aliphatic carbocycles. The molecule has 5 nitrogen and oxygen atoms in total. The molecule has 0 spiro atoms. The molecule has 0 radical (unpaired) electrons. The molecule has 0 fully saturated rings. The van der Waals surface area contributed by atoms with E-state index in [1.165, 1.54) is 0 Å². The summed E-state index contributed by atoms with van der Waals surface area (Å²) in [5.41, 5.74) is 0.494. The molecular formula is C16H21N3O2. The largest absolute Gasteiger partial charge is 0.394 e. The molecule has 0 aromatic carbocycles. The molecule has 0 bridgehead atoms. The van der Waals surface area contributed by atoms with Crippen molar-refractivity contribution < 1.29 is 9.90 Å². The number of hydrogen-bond acceptors (Lipinski definition) is 3. The molecule has 2 aromatic heterocycles. The molecule has 0 saturated carbocycles. The second-order valence-electron chi connectivity index (χ2n) is 5.48. The van der Waals surface area contributed by atoms with E-state index in [0.717, 1.165) is 12.2 Å². The summed E-state index contributed by atoms with van der Waals surface area (Å²) < 4.78 is 1.87. The predicted molar refractivity (Wildman–Crippen MR) is 81.4 cm³/mol. The van der Waals surface area contributed by atoms with Gasteiger partial charge >= 0.3 is 0 Å². The second kappa shape index (κ2) is 7.04. The van der Waals surface area contributed by atoms with Crippen molar-refractivity contribution in [2.24, 2.45) is 5.92 Å². The standard InChI is InChI=1S/C16H21N3O2/c1-12(2)9-14(11-20)18-16(21)13-5-6-15(17-10-13)19-7-3-4-8-19/h3-8,10,12,14,20H,9,11H2,1-2H3,(H,18,21). The first-order valence-corrected chi connectivity index (χ1v) is 7.11. The summed E-state index contributed by atoms with van der Waals surface area (Å²) in [5, 5.41) is 12.1. The van der Waals surface area contributed by atoms with Crippen molar-refractivity contribution in [2.75, 3.05) is 6.61 Å². The summed E-state index contributed by atoms with van der Waals surface area (Å²) in [6.45, 7) is 4.06. The number of nitrogens with zero attached hydrogens (tertiary/aromatic N) is 2. The van der Waals surface area contributed by atoms with Crippen molar-refractivity contribution in [3.05, 3.63) is 48.4 Å². The van der Waals surface area contributed by atoms with E-state index >= 15 is 0 Å². The van der Waals surface area contributed by atoms with Gasteiger partial charge in [-0.2, -0.15) is 0 Å². The third-order valence-electron chi connectivity index (χ3n) is 3.19. The lowest BCUT2D eigenvalue weighted by molar-refractivity contribution is 0.0908. The maximum Gasteiger partial charge on any atom is 0.253 e. The van der Waals surface area contributed by atoms with E-state index in [0.29, 0.717) is 11.5 Å². The van der Waals surface area contributed by atoms with Crippen molar-refractivity contribution in [3.63, 3.8) is 0 Å². The van der Waals surface area contributed by atoms with E-state index in [9.17, 15) is 9.90 Å². The fraction of sp³-hybridized carbons (Fsp3) is 0.375. The van der Waals surface area contributed by atoms with Crippen molar-refractivity contribution in [1.82, 2.24) is 14.9 Å². The quantitative estimate of drug-likeness (QED) is 0.854. The smallest absolute Gasteiger partial charge is 0.253 e. The van der Waals surface area contributed by atoms with Crippen LogP contribution in [-0.2, 0) is 0 Å². The molecule has 0 aliphatic heterocycles. The fourth-order valence-electron chi connectivity index (χ4n) is 2.18. The van der Waals surface area contributed by atoms with Crippen LogP contribution in [0.15, 0.2) is 42.9 Å². The fourth-order valence-corrected chi connectivity index (χ4v) is 2.18. The van der Waals surface area contributed by atoms with E-state index in [1.54, 1.807) is 18.3 Å². The summed E-state index contributed by atoms with van der Waals surface area (Å²) in [6.07, 6.45) is 6.09. The van der Waals surface area contributed by atoms with Crippen molar-refractivity contribution >= 4 is 5.91 Å². The van der Waals surface area contributed by atoms with Crippen LogP contribution in [0.25, 0.3) is 5.82 Å². The minimum atomic E-state index is -0.221. The number of nitrogens with one attached hydrogen (secondary N) is 1. The minimum Gasteiger partial charge on any atom is -0.394 e. The Kier molecular flexibility index (Phi) is 5.11. The number of aliphatic hydroxyl groups is 1. The second-order valence-corrected chi connectivity index (χ2v) is 5.48. The lowest BCUT2D eigenvalue weighted by Gasteiger charge is -2.18. The van der Waals surface area contributed by atoms with Crippen LogP contribution in [0.5, 0.6) is 0 Å². The van der Waals surface area contributed by atoms with Crippen LogP contribution >= 0.6 is 0 Å². The molecule has 5 heteroatoms. The predicted octanol–water partition coefficient (Wildman–Crippen LogP) is 2.01. The monoisotopic (exact) mass is 287 g/mol. The summed E-state index contributed by atoms with van der Waals surface area (Å²) >= 11 is 0. The zero-order valence-electron chi connectivity index (χ0n) is 12.4. The number of rotatable bonds is 6. The highest BCUT2D eigenvalue weighted by atomic mass is 16.3. The number of hydrogen-bond donors (Lipinski definition) is 2. The third kappa shape index (κ3) is 4.16. The highest BCUT2D eigenvalue weighted by molar-refractivity contribution is 5.94. The first-order chi connectivity index (χ1) is 10.1. The van der Waals surface area contributed by atoms with E-state index in [1.807, 2.05) is 29.1 Å². The van der Waals surface area contributed by atoms with Crippen molar-refractivity contribution in [3.8, 4) is 5.82 Å². The van der Waals surface area contributed by atoms with Crippen LogP contribution in [0.2, 0.25) is 0 Å². The molecule has 2 heterocycles. The maximum atomic E-state index is 12.1. The van der Waals surface area contributed by atoms with E-state index in [4.69, 9.17) is 0 Å². The van der Waals surface area contributed by atoms with E-state index in [-0.39, 0.29) is 18.6 Å². The van der Waals surface area contributed by atoms with Crippen LogP contribution in [0.1, 0.15) is 30.6 Å². The number of amides is 1. The van der Waals surface area contributed by atoms with Crippen molar-refractivity contribution in [1.29, 1.82) is 0 Å². The van der Waals surface area contributed by atoms with Crippen LogP contribution in [-0.4, -0.2) is 33.2 Å². The Balaban J connectivity index is 2.02. The van der Waals surface area contributed by atoms with Gasteiger partial charge in [0.1, 0.15) is 5.82 Å². The van der Waals surface area contributed by atoms with Gasteiger partial charge in [0.25, 0.3) is 5.91 Å². The number of aliphatic hydroxyl groups excluding tert-OH is 1. The highest BCUT2D eigenvalue weighted by Crippen LogP contribution is 2.08. The molecule has 2 N–H and O–H groups in total. The molecule has 21 heavy (non-hydrogen) atoms. The molecule has 1 unspecified atom stereocenters. The molecular weight excluding hydrogens is 266 g/mol. The molecule has 0 saturated heterocycles. The Morgan fingerprint density at radius 1 is 1.33 bits per heavy atom. The third-order valence-corrected chi connectivity index (χ3v) is 3.19. The van der Waals surface area contributed by atoms with E-state index < -0.39 is 0 Å². The van der Waals surface area contributed by atoms with Gasteiger partial charge in [-0.05, 0) is 36.6 Å². The summed E-state index contributed by atoms with van der Waals surface area (Å²) in [6, 6.07) is 7.15. The first kappa shape index (κ1) is 15.3. The van der Waals surface area contributed by atoms with Crippen LogP contribution < -0.4 is 5.32 Å². The van der Waals surface area contributed by atoms with Gasteiger partial charge in [-0.3, -0.25) is 4.79 Å². The van der Waals surface area contributed by atoms with Gasteiger partial charge in [-0.1, -0.05) is 13.8 Å². The molecule has 0 aliphatic rings. The Bertz CT molecular complexity index is 562. The normalized spacial score (nSPS) is 12.4. The van der Waals surface area contributed by atoms with Gasteiger partial charge in [0.15, 0.2) is 0 Å². The first-order valence-electron chi connectivity index (χ1n) is 7.11. The minimum absolute atomic E-state index is 0.0567. The summed E-state index contributed by atoms with van der Waals surface area (Å²) in [5.74, 6) is 0.968. The average Bonchev–Trinajstić information content (AvgIpc) is 3.00. The molecule has 2 aromatic rings. The molecule has 2 rings (SSSR count). The summed E-state index contributed by atoms with van der Waals surface area (Å²) in [4.78, 5) is 16.4. The van der Waals surface area contributed by atoms with Gasteiger partial charge in [0.05, 0.1) is 18.2 Å². The van der Waals surface area contributed by atoms with Crippen LogP contribution in [0.3, 0.4) is 0 Å². The summed E-state index contributed by atoms with van der Waals surface area (Å²) in [7, 11) is 0. The zero-order chi connectivity index (χ0) is 15.2. The Hall–Kier alpha value is -2.14. The van der Waals surface area contributed by atoms with Gasteiger partial charge in [0.2, 0.25) is 0 Å². The topological polar surface area (TPSA) is 67.2 Å². The van der Waals surface area contributed by atoms with Crippen molar-refractivity contribution in [2.45, 2.75) is 26.3 Å². The van der Waals surface area contributed by atoms with Crippen LogP contribution in [0.4, 0.5) is 0 Å². The molecule has 1 amide bonds. The highest BCUT2D eigenvalue weighted by Gasteiger charge is 2.14. The van der Waals surface area contributed by atoms with Gasteiger partial charge in [0, 0.05) is 18.6 Å². The van der Waals surface area contributed by atoms with Gasteiger partial charge in [-0.15, -0.1) is 0 Å². The molecule has 1 atom stereocenters. The number of aromatic nitrogens is 2. The van der Waals surface area contributed by atoms with E-state index in [2.05, 4.69) is 24.1 Å². The Morgan fingerprint density at radius 3 is 2.57 bits per heavy atom. The molecule has 112 valence electrons. The Morgan fingerprint density at radius 2 is 2.05 bits per heavy atom. The van der Waals surface area contributed by atoms with Gasteiger partial charge in [-0.25, -0.2) is 4.98 Å². The Labute approximate surface area is 124 Å².